The topological polar surface area (TPSA) is 99.9 Å². The maximum absolute atomic E-state index is 12.9. The molecule has 1 atom stereocenters. The van der Waals surface area contributed by atoms with Crippen molar-refractivity contribution in [1.82, 2.24) is 30.1 Å². The number of benzene rings is 1. The Morgan fingerprint density at radius 3 is 2.56 bits per heavy atom. The van der Waals surface area contributed by atoms with E-state index in [1.54, 1.807) is 0 Å². The van der Waals surface area contributed by atoms with E-state index >= 15 is 0 Å². The van der Waals surface area contributed by atoms with Crippen molar-refractivity contribution in [2.45, 2.75) is 78.9 Å². The quantitative estimate of drug-likeness (QED) is 0.500. The lowest BCUT2D eigenvalue weighted by Gasteiger charge is -2.33. The van der Waals surface area contributed by atoms with E-state index in [1.165, 1.54) is 5.56 Å². The highest BCUT2D eigenvalue weighted by atomic mass is 16.3. The summed E-state index contributed by atoms with van der Waals surface area (Å²) in [6, 6.07) is 5.98. The van der Waals surface area contributed by atoms with Crippen LogP contribution in [0.1, 0.15) is 75.5 Å². The maximum Gasteiger partial charge on any atom is 0.252 e. The molecule has 0 aliphatic carbocycles. The number of nitrogens with one attached hydrogen (secondary N) is 1. The molecule has 2 aromatic heterocycles. The summed E-state index contributed by atoms with van der Waals surface area (Å²) in [4.78, 5) is 18.1. The molecule has 0 amide bonds. The van der Waals surface area contributed by atoms with Crippen molar-refractivity contribution < 1.29 is 5.11 Å². The number of aliphatic hydroxyl groups excluding tert-OH is 1. The van der Waals surface area contributed by atoms with Crippen LogP contribution in [-0.2, 0) is 12.1 Å². The Kier molecular flexibility index (Phi) is 7.46. The first kappa shape index (κ1) is 24.1. The maximum atomic E-state index is 12.9. The molecule has 1 aromatic carbocycles. The molecule has 0 saturated carbocycles. The number of aromatic amines is 1. The van der Waals surface area contributed by atoms with Gasteiger partial charge < -0.3 is 10.1 Å². The largest absolute Gasteiger partial charge is 0.395 e. The molecule has 0 bridgehead atoms. The summed E-state index contributed by atoms with van der Waals surface area (Å²) in [6.45, 7) is 13.4. The van der Waals surface area contributed by atoms with Crippen LogP contribution >= 0.6 is 0 Å². The number of fused-ring (bicyclic) bond motifs is 1. The SMILES string of the molecule is CCCC(c1nnnn1C(C)(C)CC)N(CCO)Cc1cc2cc(C)c(C)cc2[nH]c1=O. The minimum absolute atomic E-state index is 0.0112. The van der Waals surface area contributed by atoms with Crippen LogP contribution in [0.5, 0.6) is 0 Å². The summed E-state index contributed by atoms with van der Waals surface area (Å²) >= 11 is 0. The van der Waals surface area contributed by atoms with E-state index < -0.39 is 0 Å². The number of tetrazole rings is 1. The van der Waals surface area contributed by atoms with Crippen molar-refractivity contribution in [1.29, 1.82) is 0 Å². The number of rotatable bonds is 10. The van der Waals surface area contributed by atoms with E-state index in [2.05, 4.69) is 66.1 Å². The van der Waals surface area contributed by atoms with Gasteiger partial charge in [0.05, 0.1) is 18.2 Å². The van der Waals surface area contributed by atoms with Gasteiger partial charge in [-0.05, 0) is 85.7 Å². The second-order valence-electron chi connectivity index (χ2n) is 9.26. The van der Waals surface area contributed by atoms with Crippen molar-refractivity contribution in [2.24, 2.45) is 0 Å². The Morgan fingerprint density at radius 2 is 1.91 bits per heavy atom. The molecular formula is C24H36N6O2. The van der Waals surface area contributed by atoms with E-state index in [-0.39, 0.29) is 23.7 Å². The lowest BCUT2D eigenvalue weighted by molar-refractivity contribution is 0.122. The van der Waals surface area contributed by atoms with E-state index in [0.717, 1.165) is 41.6 Å². The molecule has 2 heterocycles. The van der Waals surface area contributed by atoms with Crippen molar-refractivity contribution >= 4 is 10.9 Å². The van der Waals surface area contributed by atoms with Gasteiger partial charge in [0.1, 0.15) is 0 Å². The predicted molar refractivity (Wildman–Crippen MR) is 127 cm³/mol. The summed E-state index contributed by atoms with van der Waals surface area (Å²) in [6.07, 6.45) is 2.63. The van der Waals surface area contributed by atoms with Crippen molar-refractivity contribution in [3.05, 3.63) is 51.1 Å². The van der Waals surface area contributed by atoms with Gasteiger partial charge in [-0.25, -0.2) is 4.68 Å². The van der Waals surface area contributed by atoms with Crippen LogP contribution in [0.4, 0.5) is 0 Å². The highest BCUT2D eigenvalue weighted by molar-refractivity contribution is 5.80. The molecule has 174 valence electrons. The fraction of sp³-hybridized carbons (Fsp3) is 0.583. The minimum atomic E-state index is -0.231. The summed E-state index contributed by atoms with van der Waals surface area (Å²) in [5.74, 6) is 0.774. The number of hydrogen-bond donors (Lipinski definition) is 2. The lowest BCUT2D eigenvalue weighted by atomic mass is 10.0. The summed E-state index contributed by atoms with van der Waals surface area (Å²) < 4.78 is 1.90. The molecule has 32 heavy (non-hydrogen) atoms. The van der Waals surface area contributed by atoms with Crippen LogP contribution in [0.25, 0.3) is 10.9 Å². The van der Waals surface area contributed by atoms with Gasteiger partial charge in [0, 0.05) is 24.2 Å². The Morgan fingerprint density at radius 1 is 1.19 bits per heavy atom. The number of aryl methyl sites for hydroxylation is 2. The summed E-state index contributed by atoms with van der Waals surface area (Å²) in [7, 11) is 0. The molecule has 0 radical (unpaired) electrons. The second-order valence-corrected chi connectivity index (χ2v) is 9.26. The molecule has 0 spiro atoms. The first-order valence-corrected chi connectivity index (χ1v) is 11.5. The van der Waals surface area contributed by atoms with Gasteiger partial charge in [0.15, 0.2) is 5.82 Å². The molecule has 3 aromatic rings. The third-order valence-electron chi connectivity index (χ3n) is 6.53. The summed E-state index contributed by atoms with van der Waals surface area (Å²) in [5, 5.41) is 23.5. The number of pyridine rings is 1. The fourth-order valence-corrected chi connectivity index (χ4v) is 4.06. The zero-order valence-corrected chi connectivity index (χ0v) is 20.1. The number of aliphatic hydroxyl groups is 1. The van der Waals surface area contributed by atoms with Crippen LogP contribution in [0.3, 0.4) is 0 Å². The number of hydrogen-bond acceptors (Lipinski definition) is 6. The number of H-pyrrole nitrogens is 1. The smallest absolute Gasteiger partial charge is 0.252 e. The van der Waals surface area contributed by atoms with E-state index in [9.17, 15) is 9.90 Å². The minimum Gasteiger partial charge on any atom is -0.395 e. The van der Waals surface area contributed by atoms with E-state index in [4.69, 9.17) is 0 Å². The molecular weight excluding hydrogens is 404 g/mol. The Bertz CT molecular complexity index is 1120. The van der Waals surface area contributed by atoms with Gasteiger partial charge in [-0.1, -0.05) is 20.3 Å². The zero-order valence-electron chi connectivity index (χ0n) is 20.1. The molecule has 0 saturated heterocycles. The zero-order chi connectivity index (χ0) is 23.5. The number of nitrogens with zero attached hydrogens (tertiary/aromatic N) is 5. The van der Waals surface area contributed by atoms with Crippen LogP contribution < -0.4 is 5.56 Å². The average Bonchev–Trinajstić information content (AvgIpc) is 3.24. The predicted octanol–water partition coefficient (Wildman–Crippen LogP) is 3.61. The van der Waals surface area contributed by atoms with Crippen LogP contribution in [-0.4, -0.2) is 48.3 Å². The van der Waals surface area contributed by atoms with Crippen molar-refractivity contribution in [3.63, 3.8) is 0 Å². The molecule has 1 unspecified atom stereocenters. The van der Waals surface area contributed by atoms with E-state index in [1.807, 2.05) is 23.7 Å². The van der Waals surface area contributed by atoms with Crippen LogP contribution in [0.2, 0.25) is 0 Å². The third-order valence-corrected chi connectivity index (χ3v) is 6.53. The molecule has 0 fully saturated rings. The second kappa shape index (κ2) is 9.92. The van der Waals surface area contributed by atoms with Gasteiger partial charge in [0.2, 0.25) is 0 Å². The van der Waals surface area contributed by atoms with Crippen molar-refractivity contribution in [2.75, 3.05) is 13.2 Å². The lowest BCUT2D eigenvalue weighted by Crippen LogP contribution is -2.37. The third kappa shape index (κ3) is 4.91. The first-order valence-electron chi connectivity index (χ1n) is 11.5. The molecule has 3 rings (SSSR count). The molecule has 2 N–H and O–H groups in total. The van der Waals surface area contributed by atoms with Crippen molar-refractivity contribution in [3.8, 4) is 0 Å². The van der Waals surface area contributed by atoms with Gasteiger partial charge in [-0.15, -0.1) is 5.10 Å². The molecule has 0 aliphatic heterocycles. The molecule has 0 aliphatic rings. The normalized spacial score (nSPS) is 13.2. The highest BCUT2D eigenvalue weighted by Crippen LogP contribution is 2.29. The monoisotopic (exact) mass is 440 g/mol. The van der Waals surface area contributed by atoms with Crippen LogP contribution in [0, 0.1) is 13.8 Å². The van der Waals surface area contributed by atoms with Gasteiger partial charge in [-0.3, -0.25) is 9.69 Å². The van der Waals surface area contributed by atoms with Crippen LogP contribution in [0.15, 0.2) is 23.0 Å². The molecule has 8 nitrogen and oxygen atoms in total. The number of aromatic nitrogens is 5. The fourth-order valence-electron chi connectivity index (χ4n) is 4.06. The highest BCUT2D eigenvalue weighted by Gasteiger charge is 2.31. The first-order chi connectivity index (χ1) is 15.2. The van der Waals surface area contributed by atoms with Gasteiger partial charge >= 0.3 is 0 Å². The Balaban J connectivity index is 2.03. The van der Waals surface area contributed by atoms with Gasteiger partial charge in [-0.2, -0.15) is 0 Å². The standard InChI is InChI=1S/C24H36N6O2/c1-7-9-21(22-26-27-28-30(22)24(5,6)8-2)29(10-11-31)15-19-14-18-12-16(3)17(4)13-20(18)25-23(19)32/h12-14,21,31H,7-11,15H2,1-6H3,(H,25,32). The molecule has 8 heteroatoms. The van der Waals surface area contributed by atoms with E-state index in [0.29, 0.717) is 18.7 Å². The average molecular weight is 441 g/mol. The Labute approximate surface area is 189 Å². The Hall–Kier alpha value is -2.58. The summed E-state index contributed by atoms with van der Waals surface area (Å²) in [5.41, 5.74) is 3.51. The van der Waals surface area contributed by atoms with Gasteiger partial charge in [0.25, 0.3) is 5.56 Å².